The lowest BCUT2D eigenvalue weighted by Gasteiger charge is -2.07. The lowest BCUT2D eigenvalue weighted by molar-refractivity contribution is 0.563. The molecule has 0 fully saturated rings. The fraction of sp³-hybridized carbons (Fsp3) is 0.333. The van der Waals surface area contributed by atoms with Crippen LogP contribution in [0.3, 0.4) is 0 Å². The molecule has 19 heavy (non-hydrogen) atoms. The molecular formula is C12H16FN3O2S. The second-order valence-corrected chi connectivity index (χ2v) is 5.22. The van der Waals surface area contributed by atoms with E-state index >= 15 is 0 Å². The van der Waals surface area contributed by atoms with E-state index in [1.165, 1.54) is 18.2 Å². The maximum absolute atomic E-state index is 13.5. The molecule has 5 nitrogen and oxygen atoms in total. The van der Waals surface area contributed by atoms with E-state index in [1.54, 1.807) is 6.92 Å². The summed E-state index contributed by atoms with van der Waals surface area (Å²) < 4.78 is 40.8. The molecule has 0 aromatic heterocycles. The van der Waals surface area contributed by atoms with Crippen LogP contribution in [0, 0.1) is 17.7 Å². The van der Waals surface area contributed by atoms with Crippen LogP contribution in [-0.2, 0) is 16.8 Å². The van der Waals surface area contributed by atoms with Gasteiger partial charge >= 0.3 is 0 Å². The fourth-order valence-corrected chi connectivity index (χ4v) is 2.18. The summed E-state index contributed by atoms with van der Waals surface area (Å²) in [5, 5.41) is 0. The molecule has 0 spiro atoms. The van der Waals surface area contributed by atoms with Crippen molar-refractivity contribution in [2.24, 2.45) is 5.73 Å². The first-order chi connectivity index (χ1) is 8.98. The molecule has 1 rings (SSSR count). The van der Waals surface area contributed by atoms with Gasteiger partial charge < -0.3 is 5.73 Å². The van der Waals surface area contributed by atoms with Crippen LogP contribution in [0.4, 0.5) is 4.39 Å². The molecule has 104 valence electrons. The molecule has 0 radical (unpaired) electrons. The van der Waals surface area contributed by atoms with E-state index in [2.05, 4.69) is 21.3 Å². The van der Waals surface area contributed by atoms with Crippen molar-refractivity contribution in [3.05, 3.63) is 35.1 Å². The highest BCUT2D eigenvalue weighted by molar-refractivity contribution is 7.87. The van der Waals surface area contributed by atoms with Gasteiger partial charge in [-0.1, -0.05) is 18.8 Å². The van der Waals surface area contributed by atoms with Crippen molar-refractivity contribution in [2.45, 2.75) is 13.5 Å². The minimum atomic E-state index is -3.60. The van der Waals surface area contributed by atoms with E-state index in [0.29, 0.717) is 5.56 Å². The second-order valence-electron chi connectivity index (χ2n) is 3.63. The van der Waals surface area contributed by atoms with E-state index in [1.807, 2.05) is 0 Å². The summed E-state index contributed by atoms with van der Waals surface area (Å²) in [5.74, 6) is 4.92. The molecule has 0 atom stereocenters. The third kappa shape index (κ3) is 5.36. The van der Waals surface area contributed by atoms with Crippen LogP contribution in [-0.4, -0.2) is 21.5 Å². The van der Waals surface area contributed by atoms with Crippen LogP contribution >= 0.6 is 0 Å². The minimum Gasteiger partial charge on any atom is -0.320 e. The molecule has 0 aliphatic heterocycles. The molecule has 0 unspecified atom stereocenters. The van der Waals surface area contributed by atoms with Crippen molar-refractivity contribution in [3.63, 3.8) is 0 Å². The molecule has 0 aliphatic rings. The Morgan fingerprint density at radius 1 is 1.37 bits per heavy atom. The third-order valence-electron chi connectivity index (χ3n) is 2.17. The van der Waals surface area contributed by atoms with Crippen LogP contribution in [0.1, 0.15) is 18.1 Å². The van der Waals surface area contributed by atoms with Gasteiger partial charge in [-0.15, -0.1) is 0 Å². The van der Waals surface area contributed by atoms with E-state index < -0.39 is 16.0 Å². The molecule has 0 amide bonds. The molecule has 1 aromatic carbocycles. The number of rotatable bonds is 5. The second kappa shape index (κ2) is 7.21. The SMILES string of the molecule is CCNS(=O)(=O)NCc1cc(C#CCN)ccc1F. The number of hydrogen-bond donors (Lipinski definition) is 3. The van der Waals surface area contributed by atoms with Gasteiger partial charge in [0.15, 0.2) is 0 Å². The summed E-state index contributed by atoms with van der Waals surface area (Å²) in [5.41, 5.74) is 6.06. The van der Waals surface area contributed by atoms with Gasteiger partial charge in [-0.25, -0.2) is 9.11 Å². The van der Waals surface area contributed by atoms with Gasteiger partial charge in [0.2, 0.25) is 0 Å². The zero-order valence-corrected chi connectivity index (χ0v) is 11.3. The molecule has 1 aromatic rings. The Morgan fingerprint density at radius 2 is 2.11 bits per heavy atom. The number of hydrogen-bond acceptors (Lipinski definition) is 3. The van der Waals surface area contributed by atoms with E-state index in [-0.39, 0.29) is 25.2 Å². The molecule has 0 saturated carbocycles. The highest BCUT2D eigenvalue weighted by Gasteiger charge is 2.09. The van der Waals surface area contributed by atoms with Crippen LogP contribution in [0.5, 0.6) is 0 Å². The summed E-state index contributed by atoms with van der Waals surface area (Å²) in [6, 6.07) is 4.25. The van der Waals surface area contributed by atoms with Crippen molar-refractivity contribution >= 4 is 10.2 Å². The van der Waals surface area contributed by atoms with Gasteiger partial charge in [0.1, 0.15) is 5.82 Å². The first-order valence-corrected chi connectivity index (χ1v) is 7.18. The number of nitrogens with one attached hydrogen (secondary N) is 2. The maximum atomic E-state index is 13.5. The van der Waals surface area contributed by atoms with Crippen molar-refractivity contribution in [2.75, 3.05) is 13.1 Å². The van der Waals surface area contributed by atoms with Crippen molar-refractivity contribution in [1.82, 2.24) is 9.44 Å². The van der Waals surface area contributed by atoms with E-state index in [9.17, 15) is 12.8 Å². The largest absolute Gasteiger partial charge is 0.320 e. The first-order valence-electron chi connectivity index (χ1n) is 5.70. The topological polar surface area (TPSA) is 84.2 Å². The molecule has 0 bridgehead atoms. The molecule has 4 N–H and O–H groups in total. The quantitative estimate of drug-likeness (QED) is 0.670. The van der Waals surface area contributed by atoms with Gasteiger partial charge in [0.05, 0.1) is 6.54 Å². The van der Waals surface area contributed by atoms with Crippen LogP contribution < -0.4 is 15.2 Å². The Hall–Kier alpha value is -1.46. The lowest BCUT2D eigenvalue weighted by Crippen LogP contribution is -2.36. The predicted octanol–water partition coefficient (Wildman–Crippen LogP) is 0.0798. The minimum absolute atomic E-state index is 0.140. The Balaban J connectivity index is 2.83. The van der Waals surface area contributed by atoms with Crippen LogP contribution in [0.2, 0.25) is 0 Å². The molecule has 0 heterocycles. The number of nitrogens with two attached hydrogens (primary N) is 1. The predicted molar refractivity (Wildman–Crippen MR) is 71.8 cm³/mol. The molecule has 0 saturated heterocycles. The Kier molecular flexibility index (Phi) is 5.92. The fourth-order valence-electron chi connectivity index (χ4n) is 1.35. The molecule has 7 heteroatoms. The van der Waals surface area contributed by atoms with Crippen molar-refractivity contribution < 1.29 is 12.8 Å². The van der Waals surface area contributed by atoms with Gasteiger partial charge in [-0.3, -0.25) is 0 Å². The zero-order valence-electron chi connectivity index (χ0n) is 10.5. The lowest BCUT2D eigenvalue weighted by atomic mass is 10.1. The average molecular weight is 285 g/mol. The van der Waals surface area contributed by atoms with Gasteiger partial charge in [0.25, 0.3) is 10.2 Å². The summed E-state index contributed by atoms with van der Waals surface area (Å²) >= 11 is 0. The average Bonchev–Trinajstić information content (AvgIpc) is 2.36. The van der Waals surface area contributed by atoms with Gasteiger partial charge in [-0.2, -0.15) is 13.1 Å². The number of benzene rings is 1. The smallest absolute Gasteiger partial charge is 0.277 e. The van der Waals surface area contributed by atoms with Crippen molar-refractivity contribution in [3.8, 4) is 11.8 Å². The van der Waals surface area contributed by atoms with Crippen LogP contribution in [0.15, 0.2) is 18.2 Å². The van der Waals surface area contributed by atoms with E-state index in [0.717, 1.165) is 0 Å². The Labute approximate surface area is 112 Å². The highest BCUT2D eigenvalue weighted by atomic mass is 32.2. The Bertz CT molecular complexity index is 591. The number of halogens is 1. The highest BCUT2D eigenvalue weighted by Crippen LogP contribution is 2.10. The van der Waals surface area contributed by atoms with Crippen LogP contribution in [0.25, 0.3) is 0 Å². The summed E-state index contributed by atoms with van der Waals surface area (Å²) in [6.07, 6.45) is 0. The van der Waals surface area contributed by atoms with Gasteiger partial charge in [0, 0.05) is 24.2 Å². The van der Waals surface area contributed by atoms with Gasteiger partial charge in [-0.05, 0) is 18.2 Å². The standard InChI is InChI=1S/C12H16FN3O2S/c1-2-15-19(17,18)16-9-11-8-10(4-3-7-14)5-6-12(11)13/h5-6,8,15-16H,2,7,9,14H2,1H3. The normalized spacial score (nSPS) is 10.9. The summed E-state index contributed by atoms with van der Waals surface area (Å²) in [6.45, 7) is 1.99. The zero-order chi connectivity index (χ0) is 14.3. The van der Waals surface area contributed by atoms with E-state index in [4.69, 9.17) is 5.73 Å². The molecule has 0 aliphatic carbocycles. The molecular weight excluding hydrogens is 269 g/mol. The Morgan fingerprint density at radius 3 is 2.74 bits per heavy atom. The summed E-state index contributed by atoms with van der Waals surface area (Å²) in [4.78, 5) is 0. The first kappa shape index (κ1) is 15.6. The third-order valence-corrected chi connectivity index (χ3v) is 3.36. The maximum Gasteiger partial charge on any atom is 0.277 e. The summed E-state index contributed by atoms with van der Waals surface area (Å²) in [7, 11) is -3.60. The van der Waals surface area contributed by atoms with Crippen molar-refractivity contribution in [1.29, 1.82) is 0 Å². The monoisotopic (exact) mass is 285 g/mol.